The largest absolute Gasteiger partial charge is 0.321 e. The molecular formula is C13H10BrClFN3S. The lowest BCUT2D eigenvalue weighted by Gasteiger charge is -2.09. The quantitative estimate of drug-likeness (QED) is 0.620. The van der Waals surface area contributed by atoms with Gasteiger partial charge in [0.05, 0.1) is 32.9 Å². The van der Waals surface area contributed by atoms with Crippen molar-refractivity contribution in [1.82, 2.24) is 14.5 Å². The van der Waals surface area contributed by atoms with E-state index in [1.807, 2.05) is 11.5 Å². The number of rotatable bonds is 3. The van der Waals surface area contributed by atoms with Crippen LogP contribution in [0.1, 0.15) is 23.0 Å². The zero-order valence-electron chi connectivity index (χ0n) is 10.5. The van der Waals surface area contributed by atoms with Crippen molar-refractivity contribution in [1.29, 1.82) is 0 Å². The molecule has 0 saturated carbocycles. The van der Waals surface area contributed by atoms with Gasteiger partial charge < -0.3 is 4.57 Å². The van der Waals surface area contributed by atoms with Gasteiger partial charge in [0, 0.05) is 17.1 Å². The predicted octanol–water partition coefficient (Wildman–Crippen LogP) is 4.74. The SMILES string of the molecule is CC(Cl)c1nc2cc(Br)c(F)cc2n1Cc1cncs1. The van der Waals surface area contributed by atoms with Crippen molar-refractivity contribution in [2.45, 2.75) is 18.8 Å². The van der Waals surface area contributed by atoms with E-state index in [1.165, 1.54) is 6.07 Å². The fraction of sp³-hybridized carbons (Fsp3) is 0.231. The lowest BCUT2D eigenvalue weighted by molar-refractivity contribution is 0.621. The summed E-state index contributed by atoms with van der Waals surface area (Å²) < 4.78 is 16.1. The standard InChI is InChI=1S/C13H10BrClFN3S/c1-7(15)13-18-11-2-9(14)10(16)3-12(11)19(13)5-8-4-17-6-20-8/h2-4,6-7H,5H2,1H3. The van der Waals surface area contributed by atoms with Gasteiger partial charge in [-0.25, -0.2) is 9.37 Å². The van der Waals surface area contributed by atoms with Gasteiger partial charge in [-0.3, -0.25) is 4.98 Å². The second-order valence-electron chi connectivity index (χ2n) is 4.39. The van der Waals surface area contributed by atoms with Gasteiger partial charge in [-0.15, -0.1) is 22.9 Å². The van der Waals surface area contributed by atoms with E-state index in [1.54, 1.807) is 29.1 Å². The van der Waals surface area contributed by atoms with Gasteiger partial charge >= 0.3 is 0 Å². The predicted molar refractivity (Wildman–Crippen MR) is 82.9 cm³/mol. The first kappa shape index (κ1) is 14.0. The Labute approximate surface area is 132 Å². The number of alkyl halides is 1. The monoisotopic (exact) mass is 373 g/mol. The molecule has 0 N–H and O–H groups in total. The third-order valence-electron chi connectivity index (χ3n) is 2.97. The van der Waals surface area contributed by atoms with Crippen LogP contribution in [0.5, 0.6) is 0 Å². The summed E-state index contributed by atoms with van der Waals surface area (Å²) >= 11 is 10.9. The van der Waals surface area contributed by atoms with Gasteiger partial charge in [0.2, 0.25) is 0 Å². The Balaban J connectivity index is 2.20. The van der Waals surface area contributed by atoms with Crippen LogP contribution in [0.25, 0.3) is 11.0 Å². The summed E-state index contributed by atoms with van der Waals surface area (Å²) in [6.07, 6.45) is 1.80. The third-order valence-corrected chi connectivity index (χ3v) is 4.54. The zero-order chi connectivity index (χ0) is 14.3. The molecule has 1 unspecified atom stereocenters. The molecule has 1 atom stereocenters. The third kappa shape index (κ3) is 2.47. The van der Waals surface area contributed by atoms with E-state index in [0.29, 0.717) is 11.0 Å². The Hall–Kier alpha value is -0.980. The number of benzene rings is 1. The Bertz CT molecular complexity index is 755. The highest BCUT2D eigenvalue weighted by Gasteiger charge is 2.17. The van der Waals surface area contributed by atoms with Crippen molar-refractivity contribution in [2.75, 3.05) is 0 Å². The van der Waals surface area contributed by atoms with Crippen LogP contribution < -0.4 is 0 Å². The number of fused-ring (bicyclic) bond motifs is 1. The average molecular weight is 375 g/mol. The van der Waals surface area contributed by atoms with Crippen molar-refractivity contribution >= 4 is 49.9 Å². The van der Waals surface area contributed by atoms with Crippen molar-refractivity contribution in [3.63, 3.8) is 0 Å². The first-order chi connectivity index (χ1) is 9.56. The van der Waals surface area contributed by atoms with Crippen molar-refractivity contribution in [3.8, 4) is 0 Å². The molecule has 1 aromatic carbocycles. The highest BCUT2D eigenvalue weighted by molar-refractivity contribution is 9.10. The molecule has 2 heterocycles. The molecule has 0 fully saturated rings. The summed E-state index contributed by atoms with van der Waals surface area (Å²) in [5.74, 6) is 0.421. The van der Waals surface area contributed by atoms with E-state index >= 15 is 0 Å². The van der Waals surface area contributed by atoms with Crippen LogP contribution in [0.15, 0.2) is 28.3 Å². The van der Waals surface area contributed by atoms with Gasteiger partial charge in [0.1, 0.15) is 11.6 Å². The minimum absolute atomic E-state index is 0.253. The van der Waals surface area contributed by atoms with Crippen molar-refractivity contribution in [2.24, 2.45) is 0 Å². The summed E-state index contributed by atoms with van der Waals surface area (Å²) in [5.41, 5.74) is 3.24. The van der Waals surface area contributed by atoms with Gasteiger partial charge in [-0.05, 0) is 28.9 Å². The molecular weight excluding hydrogens is 365 g/mol. The molecule has 20 heavy (non-hydrogen) atoms. The molecule has 2 aromatic heterocycles. The van der Waals surface area contributed by atoms with Crippen LogP contribution in [0.2, 0.25) is 0 Å². The van der Waals surface area contributed by atoms with Crippen LogP contribution in [-0.2, 0) is 6.54 Å². The summed E-state index contributed by atoms with van der Waals surface area (Å²) in [6, 6.07) is 3.16. The molecule has 104 valence electrons. The summed E-state index contributed by atoms with van der Waals surface area (Å²) in [7, 11) is 0. The molecule has 0 radical (unpaired) electrons. The Kier molecular flexibility index (Phi) is 3.79. The number of aromatic nitrogens is 3. The molecule has 0 amide bonds. The van der Waals surface area contributed by atoms with Crippen LogP contribution in [0.3, 0.4) is 0 Å². The molecule has 3 nitrogen and oxygen atoms in total. The fourth-order valence-corrected chi connectivity index (χ4v) is 3.17. The number of thiazole rings is 1. The highest BCUT2D eigenvalue weighted by atomic mass is 79.9. The molecule has 0 bridgehead atoms. The van der Waals surface area contributed by atoms with E-state index < -0.39 is 0 Å². The average Bonchev–Trinajstić information content (AvgIpc) is 3.00. The molecule has 0 saturated heterocycles. The lowest BCUT2D eigenvalue weighted by Crippen LogP contribution is -2.04. The van der Waals surface area contributed by atoms with Gasteiger partial charge in [-0.2, -0.15) is 0 Å². The van der Waals surface area contributed by atoms with Crippen molar-refractivity contribution in [3.05, 3.63) is 44.8 Å². The first-order valence-electron chi connectivity index (χ1n) is 5.93. The molecule has 0 spiro atoms. The van der Waals surface area contributed by atoms with E-state index in [9.17, 15) is 4.39 Å². The molecule has 0 aliphatic heterocycles. The molecule has 3 aromatic rings. The normalized spacial score (nSPS) is 13.0. The minimum atomic E-state index is -0.309. The number of hydrogen-bond donors (Lipinski definition) is 0. The van der Waals surface area contributed by atoms with Gasteiger partial charge in [-0.1, -0.05) is 0 Å². The number of halogens is 3. The smallest absolute Gasteiger partial charge is 0.139 e. The van der Waals surface area contributed by atoms with Crippen LogP contribution >= 0.6 is 38.9 Å². The molecule has 0 aliphatic rings. The fourth-order valence-electron chi connectivity index (χ4n) is 2.08. The lowest BCUT2D eigenvalue weighted by atomic mass is 10.3. The second-order valence-corrected chi connectivity index (χ2v) is 6.87. The van der Waals surface area contributed by atoms with Crippen molar-refractivity contribution < 1.29 is 4.39 Å². The van der Waals surface area contributed by atoms with Crippen LogP contribution in [-0.4, -0.2) is 14.5 Å². The summed E-state index contributed by atoms with van der Waals surface area (Å²) in [6.45, 7) is 2.45. The van der Waals surface area contributed by atoms with E-state index in [0.717, 1.165) is 21.7 Å². The number of imidazole rings is 1. The highest BCUT2D eigenvalue weighted by Crippen LogP contribution is 2.29. The van der Waals surface area contributed by atoms with Crippen LogP contribution in [0.4, 0.5) is 4.39 Å². The summed E-state index contributed by atoms with van der Waals surface area (Å²) in [5, 5.41) is -0.253. The Morgan fingerprint density at radius 3 is 2.95 bits per heavy atom. The number of hydrogen-bond acceptors (Lipinski definition) is 3. The minimum Gasteiger partial charge on any atom is -0.321 e. The molecule has 3 rings (SSSR count). The second kappa shape index (κ2) is 5.42. The topological polar surface area (TPSA) is 30.7 Å². The van der Waals surface area contributed by atoms with Gasteiger partial charge in [0.25, 0.3) is 0 Å². The van der Waals surface area contributed by atoms with Gasteiger partial charge in [0.15, 0.2) is 0 Å². The van der Waals surface area contributed by atoms with E-state index in [2.05, 4.69) is 25.9 Å². The molecule has 0 aliphatic carbocycles. The van der Waals surface area contributed by atoms with Crippen LogP contribution in [0, 0.1) is 5.82 Å². The molecule has 7 heteroatoms. The van der Waals surface area contributed by atoms with E-state index in [-0.39, 0.29) is 11.2 Å². The number of nitrogens with zero attached hydrogens (tertiary/aromatic N) is 3. The van der Waals surface area contributed by atoms with E-state index in [4.69, 9.17) is 11.6 Å². The Morgan fingerprint density at radius 2 is 2.30 bits per heavy atom. The maximum Gasteiger partial charge on any atom is 0.139 e. The maximum absolute atomic E-state index is 13.8. The zero-order valence-corrected chi connectivity index (χ0v) is 13.6. The first-order valence-corrected chi connectivity index (χ1v) is 8.04. The Morgan fingerprint density at radius 1 is 1.50 bits per heavy atom. The maximum atomic E-state index is 13.8. The summed E-state index contributed by atoms with van der Waals surface area (Å²) in [4.78, 5) is 9.65.